The molecule has 0 spiro atoms. The summed E-state index contributed by atoms with van der Waals surface area (Å²) < 4.78 is 12.8. The van der Waals surface area contributed by atoms with E-state index < -0.39 is 7.80 Å². The number of carbonyl (C=O) groups is 1. The predicted octanol–water partition coefficient (Wildman–Crippen LogP) is 5.39. The van der Waals surface area contributed by atoms with Gasteiger partial charge in [-0.1, -0.05) is 66.4 Å². The van der Waals surface area contributed by atoms with Crippen LogP contribution >= 0.6 is 7.80 Å². The number of fused-ring (bicyclic) bond motifs is 1. The molecule has 0 bridgehead atoms. The van der Waals surface area contributed by atoms with Crippen LogP contribution in [0, 0.1) is 6.92 Å². The molecular weight excluding hydrogens is 315 g/mol. The third kappa shape index (κ3) is 3.16. The first-order chi connectivity index (χ1) is 11.6. The second-order valence-corrected chi connectivity index (χ2v) is 7.51. The lowest BCUT2D eigenvalue weighted by molar-refractivity contribution is 0.108. The maximum absolute atomic E-state index is 12.9. The van der Waals surface area contributed by atoms with Gasteiger partial charge in [0.2, 0.25) is 0 Å². The van der Waals surface area contributed by atoms with Gasteiger partial charge in [0.1, 0.15) is 0 Å². The minimum Gasteiger partial charge on any atom is -0.234 e. The second-order valence-electron chi connectivity index (χ2n) is 5.99. The van der Waals surface area contributed by atoms with Crippen molar-refractivity contribution in [2.75, 3.05) is 0 Å². The summed E-state index contributed by atoms with van der Waals surface area (Å²) in [7, 11) is -2.11. The van der Waals surface area contributed by atoms with E-state index >= 15 is 0 Å². The van der Waals surface area contributed by atoms with E-state index in [0.29, 0.717) is 10.9 Å². The van der Waals surface area contributed by atoms with Gasteiger partial charge in [-0.2, -0.15) is 0 Å². The summed E-state index contributed by atoms with van der Waals surface area (Å²) in [5.41, 5.74) is 2.36. The zero-order valence-corrected chi connectivity index (χ0v) is 14.8. The van der Waals surface area contributed by atoms with E-state index in [1.165, 1.54) is 5.56 Å². The van der Waals surface area contributed by atoms with Gasteiger partial charge >= 0.3 is 13.3 Å². The maximum atomic E-state index is 12.9. The second kappa shape index (κ2) is 7.07. The highest BCUT2D eigenvalue weighted by molar-refractivity contribution is 7.71. The van der Waals surface area contributed by atoms with Crippen molar-refractivity contribution in [3.8, 4) is 0 Å². The maximum Gasteiger partial charge on any atom is 0.458 e. The Labute approximate surface area is 143 Å². The van der Waals surface area contributed by atoms with Crippen LogP contribution in [0.4, 0.5) is 0 Å². The summed E-state index contributed by atoms with van der Waals surface area (Å²) in [5.74, 6) is 0. The first-order valence-corrected chi connectivity index (χ1v) is 9.46. The summed E-state index contributed by atoms with van der Waals surface area (Å²) in [6.07, 6.45) is 2.06. The van der Waals surface area contributed by atoms with E-state index in [-0.39, 0.29) is 5.52 Å². The lowest BCUT2D eigenvalue weighted by Gasteiger charge is -2.04. The number of rotatable bonds is 5. The third-order valence-corrected chi connectivity index (χ3v) is 5.60. The highest BCUT2D eigenvalue weighted by Gasteiger charge is 2.34. The zero-order chi connectivity index (χ0) is 17.1. The third-order valence-electron chi connectivity index (χ3n) is 4.25. The van der Waals surface area contributed by atoms with Crippen LogP contribution in [0.2, 0.25) is 0 Å². The molecule has 2 nitrogen and oxygen atoms in total. The fourth-order valence-electron chi connectivity index (χ4n) is 2.97. The number of hydrogen-bond acceptors (Lipinski definition) is 2. The molecule has 3 aromatic carbocycles. The predicted molar refractivity (Wildman–Crippen MR) is 101 cm³/mol. The Balaban J connectivity index is 2.00. The van der Waals surface area contributed by atoms with Gasteiger partial charge in [0.15, 0.2) is 5.30 Å². The molecule has 0 aromatic heterocycles. The van der Waals surface area contributed by atoms with Gasteiger partial charge in [0.05, 0.1) is 5.56 Å². The van der Waals surface area contributed by atoms with Gasteiger partial charge < -0.3 is 0 Å². The molecule has 120 valence electrons. The van der Waals surface area contributed by atoms with Gasteiger partial charge in [-0.15, -0.1) is 0 Å². The van der Waals surface area contributed by atoms with Crippen LogP contribution in [0.25, 0.3) is 10.8 Å². The lowest BCUT2D eigenvalue weighted by Crippen LogP contribution is -2.06. The van der Waals surface area contributed by atoms with E-state index in [1.54, 1.807) is 0 Å². The van der Waals surface area contributed by atoms with E-state index in [1.807, 2.05) is 67.6 Å². The number of hydrogen-bond donors (Lipinski definition) is 0. The Morgan fingerprint density at radius 3 is 2.38 bits per heavy atom. The molecule has 24 heavy (non-hydrogen) atoms. The smallest absolute Gasteiger partial charge is 0.234 e. The lowest BCUT2D eigenvalue weighted by atomic mass is 10.0. The molecule has 3 aromatic rings. The monoisotopic (exact) mass is 335 g/mol. The minimum absolute atomic E-state index is 0.289. The normalized spacial score (nSPS) is 11.5. The fourth-order valence-corrected chi connectivity index (χ4v) is 4.12. The number of carbonyl (C=O) groups excluding carboxylic acids is 1. The SMILES string of the molecule is CCCc1ccc([P+](=O)C(=O)c2c(C)ccc3ccccc23)cc1. The summed E-state index contributed by atoms with van der Waals surface area (Å²) in [6, 6.07) is 19.2. The molecule has 0 N–H and O–H groups in total. The minimum atomic E-state index is -2.11. The van der Waals surface area contributed by atoms with Gasteiger partial charge in [-0.05, 0) is 47.4 Å². The molecule has 0 saturated heterocycles. The Morgan fingerprint density at radius 2 is 1.67 bits per heavy atom. The van der Waals surface area contributed by atoms with Crippen molar-refractivity contribution in [1.82, 2.24) is 0 Å². The van der Waals surface area contributed by atoms with Crippen LogP contribution in [0.3, 0.4) is 0 Å². The highest BCUT2D eigenvalue weighted by Crippen LogP contribution is 2.32. The molecule has 0 heterocycles. The van der Waals surface area contributed by atoms with Crippen molar-refractivity contribution < 1.29 is 9.36 Å². The standard InChI is InChI=1S/C21H20O2P/c1-3-6-16-10-13-18(14-11-16)24(23)21(22)20-15(2)9-12-17-7-4-5-8-19(17)20/h4-5,7-14H,3,6H2,1-2H3/q+1. The Morgan fingerprint density at radius 1 is 0.958 bits per heavy atom. The van der Waals surface area contributed by atoms with Crippen molar-refractivity contribution >= 4 is 29.4 Å². The molecule has 3 rings (SSSR count). The molecule has 0 amide bonds. The Hall–Kier alpha value is -2.31. The highest BCUT2D eigenvalue weighted by atomic mass is 31.1. The zero-order valence-electron chi connectivity index (χ0n) is 14.0. The summed E-state index contributed by atoms with van der Waals surface area (Å²) in [6.45, 7) is 4.02. The molecule has 1 atom stereocenters. The van der Waals surface area contributed by atoms with Gasteiger partial charge in [-0.3, -0.25) is 0 Å². The first kappa shape index (κ1) is 16.5. The van der Waals surface area contributed by atoms with Crippen LogP contribution in [0.5, 0.6) is 0 Å². The van der Waals surface area contributed by atoms with Crippen LogP contribution in [0.1, 0.15) is 34.8 Å². The largest absolute Gasteiger partial charge is 0.458 e. The molecule has 3 heteroatoms. The molecule has 0 aliphatic carbocycles. The van der Waals surface area contributed by atoms with Crippen molar-refractivity contribution in [2.24, 2.45) is 0 Å². The van der Waals surface area contributed by atoms with E-state index in [9.17, 15) is 9.36 Å². The van der Waals surface area contributed by atoms with E-state index in [4.69, 9.17) is 0 Å². The molecule has 0 fully saturated rings. The van der Waals surface area contributed by atoms with Crippen molar-refractivity contribution in [1.29, 1.82) is 0 Å². The quantitative estimate of drug-likeness (QED) is 0.586. The van der Waals surface area contributed by atoms with Gasteiger partial charge in [0.25, 0.3) is 0 Å². The van der Waals surface area contributed by atoms with Gasteiger partial charge in [0, 0.05) is 0 Å². The fraction of sp³-hybridized carbons (Fsp3) is 0.190. The van der Waals surface area contributed by atoms with E-state index in [0.717, 1.165) is 29.2 Å². The van der Waals surface area contributed by atoms with Crippen molar-refractivity contribution in [2.45, 2.75) is 26.7 Å². The van der Waals surface area contributed by atoms with Crippen molar-refractivity contribution in [3.63, 3.8) is 0 Å². The van der Waals surface area contributed by atoms with Crippen LogP contribution in [0.15, 0.2) is 60.7 Å². The number of benzene rings is 3. The number of aryl methyl sites for hydroxylation is 2. The molecule has 0 radical (unpaired) electrons. The molecule has 0 aliphatic rings. The molecule has 0 aliphatic heterocycles. The average molecular weight is 335 g/mol. The van der Waals surface area contributed by atoms with Crippen LogP contribution in [-0.4, -0.2) is 5.52 Å². The van der Waals surface area contributed by atoms with E-state index in [2.05, 4.69) is 6.92 Å². The summed E-state index contributed by atoms with van der Waals surface area (Å²) in [4.78, 5) is 12.9. The Kier molecular flexibility index (Phi) is 4.87. The summed E-state index contributed by atoms with van der Waals surface area (Å²) in [5, 5.41) is 2.46. The van der Waals surface area contributed by atoms with Crippen LogP contribution < -0.4 is 5.30 Å². The Bertz CT molecular complexity index is 911. The molecular formula is C21H20O2P+. The first-order valence-electron chi connectivity index (χ1n) is 8.20. The molecule has 1 unspecified atom stereocenters. The van der Waals surface area contributed by atoms with Crippen molar-refractivity contribution in [3.05, 3.63) is 77.4 Å². The average Bonchev–Trinajstić information content (AvgIpc) is 2.61. The van der Waals surface area contributed by atoms with Gasteiger partial charge in [-0.25, -0.2) is 4.79 Å². The molecule has 0 saturated carbocycles. The topological polar surface area (TPSA) is 34.1 Å². The van der Waals surface area contributed by atoms with Crippen LogP contribution in [-0.2, 0) is 11.0 Å². The summed E-state index contributed by atoms with van der Waals surface area (Å²) >= 11 is 0.